The summed E-state index contributed by atoms with van der Waals surface area (Å²) >= 11 is 5.96. The molecule has 0 saturated carbocycles. The van der Waals surface area contributed by atoms with E-state index in [-0.39, 0.29) is 0 Å². The number of nitrogens with two attached hydrogens (primary N) is 1. The molecule has 0 atom stereocenters. The highest BCUT2D eigenvalue weighted by atomic mass is 35.5. The van der Waals surface area contributed by atoms with Gasteiger partial charge in [-0.2, -0.15) is 0 Å². The lowest BCUT2D eigenvalue weighted by Crippen LogP contribution is -2.42. The minimum absolute atomic E-state index is 0.649. The molecular formula is C13H21ClN4O. The molecule has 0 heterocycles. The number of guanidine groups is 1. The Hall–Kier alpha value is -1.30. The average Bonchev–Trinajstić information content (AvgIpc) is 2.38. The van der Waals surface area contributed by atoms with Gasteiger partial charge in [0.25, 0.3) is 0 Å². The quantitative estimate of drug-likeness (QED) is 0.274. The molecule has 0 saturated heterocycles. The van der Waals surface area contributed by atoms with E-state index in [0.717, 1.165) is 17.0 Å². The predicted molar refractivity (Wildman–Crippen MR) is 79.0 cm³/mol. The number of hydrazine groups is 1. The number of nitrogens with one attached hydrogen (secondary N) is 1. The molecule has 1 aromatic rings. The van der Waals surface area contributed by atoms with Gasteiger partial charge in [-0.1, -0.05) is 23.7 Å². The van der Waals surface area contributed by atoms with Crippen LogP contribution >= 0.6 is 11.6 Å². The molecule has 0 amide bonds. The highest BCUT2D eigenvalue weighted by Gasteiger charge is 2.05. The molecule has 0 aliphatic heterocycles. The van der Waals surface area contributed by atoms with Crippen molar-refractivity contribution in [2.24, 2.45) is 10.8 Å². The fourth-order valence-corrected chi connectivity index (χ4v) is 1.87. The van der Waals surface area contributed by atoms with Crippen LogP contribution in [0.5, 0.6) is 0 Å². The van der Waals surface area contributed by atoms with Crippen LogP contribution in [0.25, 0.3) is 0 Å². The number of methoxy groups -OCH3 is 1. The second kappa shape index (κ2) is 8.74. The highest BCUT2D eigenvalue weighted by molar-refractivity contribution is 6.30. The minimum atomic E-state index is 0.649. The summed E-state index contributed by atoms with van der Waals surface area (Å²) in [5.74, 6) is 6.14. The van der Waals surface area contributed by atoms with Crippen molar-refractivity contribution in [1.82, 2.24) is 10.3 Å². The SMILES string of the molecule is COCCCN=C(NN)N(C)Cc1cccc(Cl)c1. The molecule has 106 valence electrons. The van der Waals surface area contributed by atoms with Crippen LogP contribution < -0.4 is 11.3 Å². The number of nitrogens with zero attached hydrogens (tertiary/aromatic N) is 2. The van der Waals surface area contributed by atoms with E-state index in [1.54, 1.807) is 7.11 Å². The van der Waals surface area contributed by atoms with Crippen LogP contribution in [0, 0.1) is 0 Å². The third-order valence-corrected chi connectivity index (χ3v) is 2.80. The first kappa shape index (κ1) is 15.8. The number of benzene rings is 1. The van der Waals surface area contributed by atoms with Crippen molar-refractivity contribution >= 4 is 17.6 Å². The van der Waals surface area contributed by atoms with Gasteiger partial charge in [-0.05, 0) is 24.1 Å². The van der Waals surface area contributed by atoms with Gasteiger partial charge in [0.1, 0.15) is 0 Å². The van der Waals surface area contributed by atoms with Gasteiger partial charge in [0, 0.05) is 38.9 Å². The van der Waals surface area contributed by atoms with Crippen LogP contribution in [-0.4, -0.2) is 38.2 Å². The lowest BCUT2D eigenvalue weighted by molar-refractivity contribution is 0.197. The fourth-order valence-electron chi connectivity index (χ4n) is 1.65. The van der Waals surface area contributed by atoms with E-state index in [0.29, 0.717) is 25.7 Å². The average molecular weight is 285 g/mol. The first-order valence-electron chi connectivity index (χ1n) is 6.13. The van der Waals surface area contributed by atoms with Crippen molar-refractivity contribution in [3.8, 4) is 0 Å². The van der Waals surface area contributed by atoms with Crippen LogP contribution in [0.3, 0.4) is 0 Å². The molecule has 1 rings (SSSR count). The van der Waals surface area contributed by atoms with E-state index >= 15 is 0 Å². The highest BCUT2D eigenvalue weighted by Crippen LogP contribution is 2.12. The normalized spacial score (nSPS) is 11.5. The zero-order chi connectivity index (χ0) is 14.1. The van der Waals surface area contributed by atoms with E-state index in [4.69, 9.17) is 22.2 Å². The number of ether oxygens (including phenoxy) is 1. The monoisotopic (exact) mass is 284 g/mol. The second-order valence-corrected chi connectivity index (χ2v) is 4.62. The molecule has 3 N–H and O–H groups in total. The number of rotatable bonds is 6. The Labute approximate surface area is 119 Å². The zero-order valence-corrected chi connectivity index (χ0v) is 12.2. The van der Waals surface area contributed by atoms with Gasteiger partial charge < -0.3 is 9.64 Å². The molecule has 0 fully saturated rings. The fraction of sp³-hybridized carbons (Fsp3) is 0.462. The van der Waals surface area contributed by atoms with Crippen LogP contribution in [0.1, 0.15) is 12.0 Å². The van der Waals surface area contributed by atoms with Crippen molar-refractivity contribution in [2.75, 3.05) is 27.3 Å². The molecule has 0 unspecified atom stereocenters. The Morgan fingerprint density at radius 3 is 2.95 bits per heavy atom. The van der Waals surface area contributed by atoms with Gasteiger partial charge in [0.2, 0.25) is 5.96 Å². The van der Waals surface area contributed by atoms with Crippen LogP contribution in [-0.2, 0) is 11.3 Å². The molecule has 6 heteroatoms. The largest absolute Gasteiger partial charge is 0.385 e. The Kier molecular flexibility index (Phi) is 7.25. The van der Waals surface area contributed by atoms with Crippen molar-refractivity contribution in [1.29, 1.82) is 0 Å². The number of halogens is 1. The molecule has 1 aromatic carbocycles. The Morgan fingerprint density at radius 1 is 1.53 bits per heavy atom. The molecule has 0 spiro atoms. The summed E-state index contributed by atoms with van der Waals surface area (Å²) in [4.78, 5) is 6.33. The van der Waals surface area contributed by atoms with Crippen LogP contribution in [0.15, 0.2) is 29.3 Å². The lowest BCUT2D eigenvalue weighted by atomic mass is 10.2. The molecule has 0 aliphatic rings. The third kappa shape index (κ3) is 5.92. The second-order valence-electron chi connectivity index (χ2n) is 4.18. The maximum atomic E-state index is 5.96. The standard InChI is InChI=1S/C13H21ClN4O/c1-18(10-11-5-3-6-12(14)9-11)13(17-15)16-7-4-8-19-2/h3,5-6,9H,4,7-8,10,15H2,1-2H3,(H,16,17). The predicted octanol–water partition coefficient (Wildman–Crippen LogP) is 1.63. The van der Waals surface area contributed by atoms with Crippen molar-refractivity contribution in [3.05, 3.63) is 34.9 Å². The lowest BCUT2D eigenvalue weighted by Gasteiger charge is -2.20. The summed E-state index contributed by atoms with van der Waals surface area (Å²) in [6.07, 6.45) is 0.868. The van der Waals surface area contributed by atoms with E-state index in [9.17, 15) is 0 Å². The first-order chi connectivity index (χ1) is 9.17. The first-order valence-corrected chi connectivity index (χ1v) is 6.50. The Balaban J connectivity index is 2.55. The van der Waals surface area contributed by atoms with Crippen LogP contribution in [0.2, 0.25) is 5.02 Å². The maximum Gasteiger partial charge on any atom is 0.208 e. The minimum Gasteiger partial charge on any atom is -0.385 e. The number of aliphatic imine (C=N–C) groups is 1. The van der Waals surface area contributed by atoms with Gasteiger partial charge in [-0.3, -0.25) is 10.4 Å². The Morgan fingerprint density at radius 2 is 2.32 bits per heavy atom. The molecule has 0 aliphatic carbocycles. The van der Waals surface area contributed by atoms with Gasteiger partial charge in [0.15, 0.2) is 0 Å². The van der Waals surface area contributed by atoms with Gasteiger partial charge in [-0.15, -0.1) is 0 Å². The Bertz CT molecular complexity index is 411. The molecule has 0 aromatic heterocycles. The van der Waals surface area contributed by atoms with Gasteiger partial charge in [-0.25, -0.2) is 5.84 Å². The third-order valence-electron chi connectivity index (χ3n) is 2.57. The number of hydrogen-bond acceptors (Lipinski definition) is 3. The topological polar surface area (TPSA) is 62.9 Å². The summed E-state index contributed by atoms with van der Waals surface area (Å²) in [6, 6.07) is 7.72. The zero-order valence-electron chi connectivity index (χ0n) is 11.4. The van der Waals surface area contributed by atoms with Crippen molar-refractivity contribution < 1.29 is 4.74 Å². The summed E-state index contributed by atoms with van der Waals surface area (Å²) in [5, 5.41) is 0.727. The summed E-state index contributed by atoms with van der Waals surface area (Å²) in [5.41, 5.74) is 3.72. The summed E-state index contributed by atoms with van der Waals surface area (Å²) in [7, 11) is 3.60. The van der Waals surface area contributed by atoms with E-state index < -0.39 is 0 Å². The van der Waals surface area contributed by atoms with E-state index in [1.807, 2.05) is 36.2 Å². The molecule has 5 nitrogen and oxygen atoms in total. The van der Waals surface area contributed by atoms with Crippen LogP contribution in [0.4, 0.5) is 0 Å². The van der Waals surface area contributed by atoms with Crippen molar-refractivity contribution in [3.63, 3.8) is 0 Å². The smallest absolute Gasteiger partial charge is 0.208 e. The van der Waals surface area contributed by atoms with E-state index in [2.05, 4.69) is 10.4 Å². The summed E-state index contributed by atoms with van der Waals surface area (Å²) < 4.78 is 4.98. The van der Waals surface area contributed by atoms with Gasteiger partial charge in [0.05, 0.1) is 0 Å². The molecular weight excluding hydrogens is 264 g/mol. The summed E-state index contributed by atoms with van der Waals surface area (Å²) in [6.45, 7) is 2.06. The molecule has 0 radical (unpaired) electrons. The number of hydrogen-bond donors (Lipinski definition) is 2. The maximum absolute atomic E-state index is 5.96. The molecule has 0 bridgehead atoms. The molecule has 19 heavy (non-hydrogen) atoms. The van der Waals surface area contributed by atoms with Gasteiger partial charge >= 0.3 is 0 Å². The van der Waals surface area contributed by atoms with Crippen molar-refractivity contribution in [2.45, 2.75) is 13.0 Å². The van der Waals surface area contributed by atoms with E-state index in [1.165, 1.54) is 0 Å².